The molecule has 1 amide bonds. The Labute approximate surface area is 123 Å². The predicted molar refractivity (Wildman–Crippen MR) is 76.1 cm³/mol. The van der Waals surface area contributed by atoms with Crippen LogP contribution in [0.4, 0.5) is 11.4 Å². The predicted octanol–water partition coefficient (Wildman–Crippen LogP) is 2.25. The van der Waals surface area contributed by atoms with Gasteiger partial charge in [0.15, 0.2) is 0 Å². The van der Waals surface area contributed by atoms with E-state index >= 15 is 0 Å². The van der Waals surface area contributed by atoms with Gasteiger partial charge in [-0.15, -0.1) is 0 Å². The Morgan fingerprint density at radius 3 is 2.14 bits per heavy atom. The zero-order valence-corrected chi connectivity index (χ0v) is 11.0. The molecule has 2 aromatic rings. The first-order valence-electron chi connectivity index (χ1n) is 6.00. The maximum atomic E-state index is 12.0. The second-order valence-electron chi connectivity index (χ2n) is 4.30. The molecule has 0 saturated heterocycles. The van der Waals surface area contributed by atoms with Gasteiger partial charge in [0.2, 0.25) is 0 Å². The van der Waals surface area contributed by atoms with Crippen molar-refractivity contribution >= 4 is 23.3 Å². The highest BCUT2D eigenvalue weighted by Crippen LogP contribution is 2.25. The molecule has 112 valence electrons. The van der Waals surface area contributed by atoms with Gasteiger partial charge in [0.1, 0.15) is 5.75 Å². The van der Waals surface area contributed by atoms with Crippen molar-refractivity contribution in [3.63, 3.8) is 0 Å². The number of aromatic carboxylic acids is 1. The van der Waals surface area contributed by atoms with Gasteiger partial charge in [-0.1, -0.05) is 0 Å². The van der Waals surface area contributed by atoms with Crippen LogP contribution in [0.1, 0.15) is 20.7 Å². The van der Waals surface area contributed by atoms with Crippen LogP contribution in [0.25, 0.3) is 0 Å². The number of carboxylic acids is 1. The van der Waals surface area contributed by atoms with Gasteiger partial charge in [0, 0.05) is 17.7 Å². The average Bonchev–Trinajstić information content (AvgIpc) is 2.49. The smallest absolute Gasteiger partial charge is 0.335 e. The fraction of sp³-hybridized carbons (Fsp3) is 0. The van der Waals surface area contributed by atoms with Crippen molar-refractivity contribution in [2.24, 2.45) is 0 Å². The largest absolute Gasteiger partial charge is 0.506 e. The zero-order chi connectivity index (χ0) is 16.3. The highest BCUT2D eigenvalue weighted by Gasteiger charge is 2.13. The average molecular weight is 302 g/mol. The zero-order valence-electron chi connectivity index (χ0n) is 11.0. The molecule has 0 saturated carbocycles. The lowest BCUT2D eigenvalue weighted by atomic mass is 10.1. The van der Waals surface area contributed by atoms with Crippen LogP contribution in [0.15, 0.2) is 42.5 Å². The summed E-state index contributed by atoms with van der Waals surface area (Å²) in [6.07, 6.45) is 0. The van der Waals surface area contributed by atoms with Gasteiger partial charge in [-0.3, -0.25) is 14.9 Å². The van der Waals surface area contributed by atoms with Crippen molar-refractivity contribution in [1.29, 1.82) is 0 Å². The van der Waals surface area contributed by atoms with E-state index < -0.39 is 22.5 Å². The third-order valence-electron chi connectivity index (χ3n) is 2.83. The van der Waals surface area contributed by atoms with Crippen molar-refractivity contribution in [1.82, 2.24) is 0 Å². The molecule has 0 aliphatic rings. The molecule has 0 aromatic heterocycles. The Morgan fingerprint density at radius 1 is 1.05 bits per heavy atom. The Hall–Kier alpha value is -3.42. The van der Waals surface area contributed by atoms with Crippen LogP contribution in [-0.4, -0.2) is 27.0 Å². The van der Waals surface area contributed by atoms with Crippen molar-refractivity contribution in [3.05, 3.63) is 63.7 Å². The number of amides is 1. The number of phenolic OH excluding ortho intramolecular Hbond substituents is 1. The summed E-state index contributed by atoms with van der Waals surface area (Å²) in [6, 6.07) is 8.40. The summed E-state index contributed by atoms with van der Waals surface area (Å²) in [5, 5.41) is 31.4. The van der Waals surface area contributed by atoms with Gasteiger partial charge in [-0.2, -0.15) is 0 Å². The number of aromatic hydroxyl groups is 1. The van der Waals surface area contributed by atoms with E-state index in [0.717, 1.165) is 6.07 Å². The van der Waals surface area contributed by atoms with E-state index in [1.807, 2.05) is 0 Å². The molecule has 0 spiro atoms. The molecule has 2 rings (SSSR count). The molecule has 0 bridgehead atoms. The van der Waals surface area contributed by atoms with E-state index in [-0.39, 0.29) is 22.5 Å². The summed E-state index contributed by atoms with van der Waals surface area (Å²) in [5.41, 5.74) is -0.0725. The van der Waals surface area contributed by atoms with E-state index in [4.69, 9.17) is 5.11 Å². The molecule has 8 heteroatoms. The molecule has 0 aliphatic carbocycles. The van der Waals surface area contributed by atoms with Crippen molar-refractivity contribution < 1.29 is 24.7 Å². The highest BCUT2D eigenvalue weighted by atomic mass is 16.6. The van der Waals surface area contributed by atoms with Crippen molar-refractivity contribution in [3.8, 4) is 5.75 Å². The Balaban J connectivity index is 2.18. The summed E-state index contributed by atoms with van der Waals surface area (Å²) in [4.78, 5) is 32.6. The number of hydrogen-bond acceptors (Lipinski definition) is 5. The molecule has 0 radical (unpaired) electrons. The number of nitrogens with zero attached hydrogens (tertiary/aromatic N) is 1. The molecule has 2 aromatic carbocycles. The summed E-state index contributed by atoms with van der Waals surface area (Å²) in [6.45, 7) is 0. The van der Waals surface area contributed by atoms with Crippen LogP contribution >= 0.6 is 0 Å². The van der Waals surface area contributed by atoms with Crippen LogP contribution in [-0.2, 0) is 0 Å². The van der Waals surface area contributed by atoms with Crippen LogP contribution in [0.2, 0.25) is 0 Å². The van der Waals surface area contributed by atoms with Crippen molar-refractivity contribution in [2.75, 3.05) is 5.32 Å². The molecule has 0 unspecified atom stereocenters. The number of carboxylic acid groups (broad SMARTS) is 1. The normalized spacial score (nSPS) is 10.0. The number of benzene rings is 2. The number of hydrogen-bond donors (Lipinski definition) is 3. The third-order valence-corrected chi connectivity index (χ3v) is 2.83. The van der Waals surface area contributed by atoms with E-state index in [2.05, 4.69) is 5.32 Å². The lowest BCUT2D eigenvalue weighted by Crippen LogP contribution is -2.12. The molecule has 0 heterocycles. The first-order chi connectivity index (χ1) is 10.4. The fourth-order valence-electron chi connectivity index (χ4n) is 1.70. The van der Waals surface area contributed by atoms with Crippen LogP contribution in [0.3, 0.4) is 0 Å². The van der Waals surface area contributed by atoms with Gasteiger partial charge in [0.05, 0.1) is 16.2 Å². The van der Waals surface area contributed by atoms with E-state index in [0.29, 0.717) is 0 Å². The minimum atomic E-state index is -1.21. The van der Waals surface area contributed by atoms with Crippen molar-refractivity contribution in [2.45, 2.75) is 0 Å². The Bertz CT molecular complexity index is 754. The molecule has 22 heavy (non-hydrogen) atoms. The first kappa shape index (κ1) is 15.0. The molecular weight excluding hydrogens is 292 g/mol. The number of phenols is 1. The monoisotopic (exact) mass is 302 g/mol. The van der Waals surface area contributed by atoms with Gasteiger partial charge in [-0.25, -0.2) is 4.79 Å². The molecule has 8 nitrogen and oxygen atoms in total. The lowest BCUT2D eigenvalue weighted by molar-refractivity contribution is -0.384. The van der Waals surface area contributed by atoms with Crippen LogP contribution in [0, 0.1) is 10.1 Å². The highest BCUT2D eigenvalue weighted by molar-refractivity contribution is 6.05. The maximum Gasteiger partial charge on any atom is 0.335 e. The Kier molecular flexibility index (Phi) is 4.03. The summed E-state index contributed by atoms with van der Waals surface area (Å²) in [5.74, 6) is -2.19. The van der Waals surface area contributed by atoms with Crippen LogP contribution in [0.5, 0.6) is 5.75 Å². The topological polar surface area (TPSA) is 130 Å². The fourth-order valence-corrected chi connectivity index (χ4v) is 1.70. The minimum absolute atomic E-state index is 0.0355. The van der Waals surface area contributed by atoms with Crippen LogP contribution < -0.4 is 5.32 Å². The minimum Gasteiger partial charge on any atom is -0.506 e. The maximum absolute atomic E-state index is 12.0. The lowest BCUT2D eigenvalue weighted by Gasteiger charge is -2.08. The molecule has 0 aliphatic heterocycles. The van der Waals surface area contributed by atoms with E-state index in [9.17, 15) is 24.8 Å². The summed E-state index contributed by atoms with van der Waals surface area (Å²) >= 11 is 0. The van der Waals surface area contributed by atoms with Gasteiger partial charge in [0.25, 0.3) is 11.6 Å². The van der Waals surface area contributed by atoms with E-state index in [1.165, 1.54) is 36.4 Å². The number of nitro groups is 1. The van der Waals surface area contributed by atoms with Gasteiger partial charge < -0.3 is 15.5 Å². The number of anilines is 1. The third kappa shape index (κ3) is 3.18. The molecular formula is C14H10N2O6. The molecule has 0 atom stereocenters. The van der Waals surface area contributed by atoms with Gasteiger partial charge >= 0.3 is 5.97 Å². The first-order valence-corrected chi connectivity index (χ1v) is 6.00. The summed E-state index contributed by atoms with van der Waals surface area (Å²) in [7, 11) is 0. The number of carbonyl (C=O) groups excluding carboxylic acids is 1. The standard InChI is InChI=1S/C14H10N2O6/c17-12-7-9(14(19)20)3-6-11(12)15-13(18)8-1-4-10(5-2-8)16(21)22/h1-7,17H,(H,15,18)(H,19,20). The van der Waals surface area contributed by atoms with E-state index in [1.54, 1.807) is 0 Å². The number of rotatable bonds is 4. The SMILES string of the molecule is O=C(O)c1ccc(NC(=O)c2ccc([N+](=O)[O-])cc2)c(O)c1. The number of non-ortho nitro benzene ring substituents is 1. The van der Waals surface area contributed by atoms with Gasteiger partial charge in [-0.05, 0) is 30.3 Å². The number of nitrogens with one attached hydrogen (secondary N) is 1. The summed E-state index contributed by atoms with van der Waals surface area (Å²) < 4.78 is 0. The second kappa shape index (κ2) is 5.92. The Morgan fingerprint density at radius 2 is 1.64 bits per heavy atom. The molecule has 3 N–H and O–H groups in total. The number of nitro benzene ring substituents is 1. The second-order valence-corrected chi connectivity index (χ2v) is 4.30. The quantitative estimate of drug-likeness (QED) is 0.451. The molecule has 0 fully saturated rings. The number of carbonyl (C=O) groups is 2.